The van der Waals surface area contributed by atoms with Crippen LogP contribution in [0.25, 0.3) is 0 Å². The van der Waals surface area contributed by atoms with Crippen LogP contribution in [0, 0.1) is 6.92 Å². The van der Waals surface area contributed by atoms with Crippen LogP contribution in [0.4, 0.5) is 5.82 Å². The second-order valence-corrected chi connectivity index (χ2v) is 6.96. The average Bonchev–Trinajstić information content (AvgIpc) is 2.67. The number of aromatic nitrogens is 2. The lowest BCUT2D eigenvalue weighted by Gasteiger charge is -2.42. The molecule has 0 aliphatic carbocycles. The number of hydrogen-bond acceptors (Lipinski definition) is 5. The fraction of sp³-hybridized carbons (Fsp3) is 0.421. The summed E-state index contributed by atoms with van der Waals surface area (Å²) in [6, 6.07) is 5.38. The Hall–Kier alpha value is -2.18. The maximum atomic E-state index is 13.0. The van der Waals surface area contributed by atoms with Crippen molar-refractivity contribution in [3.63, 3.8) is 0 Å². The Balaban J connectivity index is 1.90. The third-order valence-electron chi connectivity index (χ3n) is 4.87. The van der Waals surface area contributed by atoms with Gasteiger partial charge >= 0.3 is 0 Å². The van der Waals surface area contributed by atoms with E-state index < -0.39 is 5.60 Å². The van der Waals surface area contributed by atoms with Gasteiger partial charge in [0.15, 0.2) is 0 Å². The van der Waals surface area contributed by atoms with E-state index in [9.17, 15) is 4.79 Å². The first-order valence-corrected chi connectivity index (χ1v) is 8.98. The Morgan fingerprint density at radius 1 is 1.38 bits per heavy atom. The van der Waals surface area contributed by atoms with Crippen molar-refractivity contribution >= 4 is 23.3 Å². The van der Waals surface area contributed by atoms with Crippen molar-refractivity contribution in [2.24, 2.45) is 0 Å². The standard InChI is InChI=1S/C19H23ClN4O2/c1-13-9-15(20)11-23-17(13)19(26-3)6-4-8-24(12-19)18(25)14-5-7-22-16(10-14)21-2/h5,7,9-11H,4,6,8,12H2,1-3H3,(H,21,22). The summed E-state index contributed by atoms with van der Waals surface area (Å²) in [4.78, 5) is 23.5. The number of nitrogens with zero attached hydrogens (tertiary/aromatic N) is 3. The molecule has 1 atom stereocenters. The molecule has 1 aliphatic heterocycles. The average molecular weight is 375 g/mol. The van der Waals surface area contributed by atoms with E-state index in [1.807, 2.05) is 17.9 Å². The van der Waals surface area contributed by atoms with Gasteiger partial charge in [0.05, 0.1) is 17.3 Å². The van der Waals surface area contributed by atoms with E-state index in [4.69, 9.17) is 16.3 Å². The number of aryl methyl sites for hydroxylation is 1. The number of piperidine rings is 1. The zero-order chi connectivity index (χ0) is 18.7. The summed E-state index contributed by atoms with van der Waals surface area (Å²) >= 11 is 6.05. The second kappa shape index (κ2) is 7.60. The SMILES string of the molecule is CNc1cc(C(=O)N2CCCC(OC)(c3ncc(Cl)cc3C)C2)ccn1. The van der Waals surface area contributed by atoms with Crippen LogP contribution in [-0.2, 0) is 10.3 Å². The molecule has 0 spiro atoms. The van der Waals surface area contributed by atoms with E-state index in [1.165, 1.54) is 0 Å². The molecule has 2 aromatic heterocycles. The van der Waals surface area contributed by atoms with Gasteiger partial charge in [0.2, 0.25) is 0 Å². The summed E-state index contributed by atoms with van der Waals surface area (Å²) in [5.74, 6) is 0.637. The molecular formula is C19H23ClN4O2. The van der Waals surface area contributed by atoms with Crippen molar-refractivity contribution in [3.8, 4) is 0 Å². The first-order valence-electron chi connectivity index (χ1n) is 8.60. The monoisotopic (exact) mass is 374 g/mol. The lowest BCUT2D eigenvalue weighted by Crippen LogP contribution is -2.50. The van der Waals surface area contributed by atoms with E-state index in [0.29, 0.717) is 29.5 Å². The number of ether oxygens (including phenoxy) is 1. The number of carbonyl (C=O) groups is 1. The zero-order valence-electron chi connectivity index (χ0n) is 15.3. The Kier molecular flexibility index (Phi) is 5.44. The van der Waals surface area contributed by atoms with Crippen LogP contribution in [0.5, 0.6) is 0 Å². The van der Waals surface area contributed by atoms with Gasteiger partial charge < -0.3 is 15.0 Å². The number of methoxy groups -OCH3 is 1. The molecule has 138 valence electrons. The molecule has 0 bridgehead atoms. The number of pyridine rings is 2. The fourth-order valence-corrected chi connectivity index (χ4v) is 3.76. The van der Waals surface area contributed by atoms with Crippen LogP contribution in [-0.4, -0.2) is 48.0 Å². The van der Waals surface area contributed by atoms with Crippen LogP contribution in [0.3, 0.4) is 0 Å². The largest absolute Gasteiger partial charge is 0.373 e. The first-order chi connectivity index (χ1) is 12.5. The van der Waals surface area contributed by atoms with Crippen LogP contribution in [0.15, 0.2) is 30.6 Å². The highest BCUT2D eigenvalue weighted by Crippen LogP contribution is 2.36. The van der Waals surface area contributed by atoms with Gasteiger partial charge in [-0.05, 0) is 43.5 Å². The van der Waals surface area contributed by atoms with Crippen LogP contribution < -0.4 is 5.32 Å². The molecule has 1 unspecified atom stereocenters. The van der Waals surface area contributed by atoms with Crippen molar-refractivity contribution < 1.29 is 9.53 Å². The van der Waals surface area contributed by atoms with E-state index in [1.54, 1.807) is 38.7 Å². The van der Waals surface area contributed by atoms with Crippen molar-refractivity contribution in [1.82, 2.24) is 14.9 Å². The Morgan fingerprint density at radius 2 is 2.19 bits per heavy atom. The van der Waals surface area contributed by atoms with E-state index >= 15 is 0 Å². The molecule has 0 radical (unpaired) electrons. The van der Waals surface area contributed by atoms with E-state index in [-0.39, 0.29) is 5.91 Å². The van der Waals surface area contributed by atoms with E-state index in [0.717, 1.165) is 24.1 Å². The smallest absolute Gasteiger partial charge is 0.254 e. The van der Waals surface area contributed by atoms with Crippen molar-refractivity contribution in [2.75, 3.05) is 32.6 Å². The lowest BCUT2D eigenvalue weighted by molar-refractivity contribution is -0.0661. The highest BCUT2D eigenvalue weighted by Gasteiger charge is 2.41. The van der Waals surface area contributed by atoms with Gasteiger partial charge in [-0.25, -0.2) is 4.98 Å². The molecule has 0 saturated carbocycles. The third kappa shape index (κ3) is 3.52. The summed E-state index contributed by atoms with van der Waals surface area (Å²) in [5.41, 5.74) is 1.79. The Labute approximate surface area is 158 Å². The maximum absolute atomic E-state index is 13.0. The fourth-order valence-electron chi connectivity index (χ4n) is 3.55. The minimum Gasteiger partial charge on any atom is -0.373 e. The molecular weight excluding hydrogens is 352 g/mol. The lowest BCUT2D eigenvalue weighted by atomic mass is 9.86. The maximum Gasteiger partial charge on any atom is 0.254 e. The molecule has 7 heteroatoms. The molecule has 3 rings (SSSR count). The number of likely N-dealkylation sites (tertiary alicyclic amines) is 1. The number of rotatable bonds is 4. The molecule has 1 amide bonds. The molecule has 1 fully saturated rings. The quantitative estimate of drug-likeness (QED) is 0.889. The number of hydrogen-bond donors (Lipinski definition) is 1. The van der Waals surface area contributed by atoms with Gasteiger partial charge in [-0.1, -0.05) is 11.6 Å². The Bertz CT molecular complexity index is 814. The molecule has 2 aromatic rings. The van der Waals surface area contributed by atoms with Crippen molar-refractivity contribution in [2.45, 2.75) is 25.4 Å². The van der Waals surface area contributed by atoms with Crippen molar-refractivity contribution in [3.05, 3.63) is 52.4 Å². The molecule has 26 heavy (non-hydrogen) atoms. The van der Waals surface area contributed by atoms with Crippen molar-refractivity contribution in [1.29, 1.82) is 0 Å². The molecule has 1 saturated heterocycles. The van der Waals surface area contributed by atoms with Gasteiger partial charge in [-0.3, -0.25) is 9.78 Å². The Morgan fingerprint density at radius 3 is 2.88 bits per heavy atom. The molecule has 1 aliphatic rings. The number of halogens is 1. The van der Waals surface area contributed by atoms with Crippen LogP contribution in [0.2, 0.25) is 5.02 Å². The number of carbonyl (C=O) groups excluding carboxylic acids is 1. The zero-order valence-corrected chi connectivity index (χ0v) is 16.0. The van der Waals surface area contributed by atoms with Gasteiger partial charge in [-0.2, -0.15) is 0 Å². The van der Waals surface area contributed by atoms with Gasteiger partial charge in [-0.15, -0.1) is 0 Å². The van der Waals surface area contributed by atoms with Gasteiger partial charge in [0.1, 0.15) is 11.4 Å². The van der Waals surface area contributed by atoms with Gasteiger partial charge in [0.25, 0.3) is 5.91 Å². The van der Waals surface area contributed by atoms with Crippen LogP contribution >= 0.6 is 11.6 Å². The summed E-state index contributed by atoms with van der Waals surface area (Å²) < 4.78 is 5.92. The second-order valence-electron chi connectivity index (χ2n) is 6.53. The molecule has 0 aromatic carbocycles. The molecule has 1 N–H and O–H groups in total. The number of amides is 1. The minimum atomic E-state index is -0.624. The third-order valence-corrected chi connectivity index (χ3v) is 5.08. The summed E-state index contributed by atoms with van der Waals surface area (Å²) in [6.45, 7) is 3.11. The summed E-state index contributed by atoms with van der Waals surface area (Å²) in [5, 5.41) is 3.56. The predicted molar refractivity (Wildman–Crippen MR) is 102 cm³/mol. The topological polar surface area (TPSA) is 67.4 Å². The van der Waals surface area contributed by atoms with Crippen LogP contribution in [0.1, 0.15) is 34.5 Å². The predicted octanol–water partition coefficient (Wildman–Crippen LogP) is 3.26. The summed E-state index contributed by atoms with van der Waals surface area (Å²) in [7, 11) is 3.46. The number of anilines is 1. The van der Waals surface area contributed by atoms with Gasteiger partial charge in [0, 0.05) is 38.7 Å². The molecule has 3 heterocycles. The van der Waals surface area contributed by atoms with E-state index in [2.05, 4.69) is 15.3 Å². The highest BCUT2D eigenvalue weighted by molar-refractivity contribution is 6.30. The first kappa shape index (κ1) is 18.6. The minimum absolute atomic E-state index is 0.0309. The summed E-state index contributed by atoms with van der Waals surface area (Å²) in [6.07, 6.45) is 4.92. The number of nitrogens with one attached hydrogen (secondary N) is 1. The highest BCUT2D eigenvalue weighted by atomic mass is 35.5. The molecule has 6 nitrogen and oxygen atoms in total. The normalized spacial score (nSPS) is 20.1.